The van der Waals surface area contributed by atoms with Crippen molar-refractivity contribution in [1.82, 2.24) is 10.2 Å². The normalized spacial score (nSPS) is 28.8. The highest BCUT2D eigenvalue weighted by atomic mass is 16.6. The lowest BCUT2D eigenvalue weighted by molar-refractivity contribution is -0.128. The molecule has 1 N–H and O–H groups in total. The molecule has 2 amide bonds. The van der Waals surface area contributed by atoms with E-state index in [2.05, 4.69) is 5.32 Å². The average molecular weight is 254 g/mol. The number of carbonyl (C=O) groups excluding carboxylic acids is 2. The second-order valence-electron chi connectivity index (χ2n) is 6.12. The maximum Gasteiger partial charge on any atom is 0.417 e. The molecule has 18 heavy (non-hydrogen) atoms. The van der Waals surface area contributed by atoms with Crippen molar-refractivity contribution in [3.8, 4) is 0 Å². The molecule has 0 aliphatic carbocycles. The maximum atomic E-state index is 12.1. The van der Waals surface area contributed by atoms with Crippen molar-refractivity contribution in [3.05, 3.63) is 0 Å². The number of hydrogen-bond acceptors (Lipinski definition) is 4. The van der Waals surface area contributed by atoms with Crippen molar-refractivity contribution in [2.24, 2.45) is 5.92 Å². The van der Waals surface area contributed by atoms with Gasteiger partial charge in [0.25, 0.3) is 0 Å². The van der Waals surface area contributed by atoms with Crippen LogP contribution >= 0.6 is 0 Å². The lowest BCUT2D eigenvalue weighted by Crippen LogP contribution is -2.47. The highest BCUT2D eigenvalue weighted by Gasteiger charge is 2.44. The molecule has 2 atom stereocenters. The summed E-state index contributed by atoms with van der Waals surface area (Å²) in [5.74, 6) is 0.197. The number of nitrogens with zero attached hydrogens (tertiary/aromatic N) is 1. The summed E-state index contributed by atoms with van der Waals surface area (Å²) in [5.41, 5.74) is -0.562. The summed E-state index contributed by atoms with van der Waals surface area (Å²) in [4.78, 5) is 25.4. The van der Waals surface area contributed by atoms with Crippen molar-refractivity contribution in [3.63, 3.8) is 0 Å². The first-order valence-corrected chi connectivity index (χ1v) is 6.64. The number of ether oxygens (including phenoxy) is 1. The number of fused-ring (bicyclic) bond motifs is 1. The van der Waals surface area contributed by atoms with E-state index in [0.29, 0.717) is 18.9 Å². The molecule has 2 aliphatic heterocycles. The van der Waals surface area contributed by atoms with Crippen LogP contribution in [-0.2, 0) is 9.53 Å². The third-order valence-corrected chi connectivity index (χ3v) is 3.45. The van der Waals surface area contributed by atoms with E-state index >= 15 is 0 Å². The second kappa shape index (κ2) is 4.88. The third-order valence-electron chi connectivity index (χ3n) is 3.45. The molecule has 0 spiro atoms. The third kappa shape index (κ3) is 2.83. The summed E-state index contributed by atoms with van der Waals surface area (Å²) in [5, 5.41) is 3.29. The molecule has 0 radical (unpaired) electrons. The van der Waals surface area contributed by atoms with E-state index in [9.17, 15) is 9.59 Å². The Kier molecular flexibility index (Phi) is 3.61. The van der Waals surface area contributed by atoms with Gasteiger partial charge in [0.15, 0.2) is 0 Å². The number of nitrogens with one attached hydrogen (secondary N) is 1. The molecular formula is C13H22N2O3. The van der Waals surface area contributed by atoms with Gasteiger partial charge in [0.2, 0.25) is 5.91 Å². The summed E-state index contributed by atoms with van der Waals surface area (Å²) in [6.07, 6.45) is 2.05. The highest BCUT2D eigenvalue weighted by molar-refractivity contribution is 5.94. The Bertz CT molecular complexity index is 349. The summed E-state index contributed by atoms with van der Waals surface area (Å²) >= 11 is 0. The van der Waals surface area contributed by atoms with Crippen LogP contribution < -0.4 is 5.32 Å². The predicted octanol–water partition coefficient (Wildman–Crippen LogP) is 1.52. The van der Waals surface area contributed by atoms with Gasteiger partial charge in [-0.1, -0.05) is 0 Å². The van der Waals surface area contributed by atoms with Crippen LogP contribution in [0.25, 0.3) is 0 Å². The van der Waals surface area contributed by atoms with Crippen LogP contribution in [0.5, 0.6) is 0 Å². The molecule has 2 rings (SSSR count). The predicted molar refractivity (Wildman–Crippen MR) is 67.1 cm³/mol. The first-order chi connectivity index (χ1) is 8.38. The van der Waals surface area contributed by atoms with Crippen molar-refractivity contribution >= 4 is 12.0 Å². The van der Waals surface area contributed by atoms with Gasteiger partial charge < -0.3 is 10.1 Å². The van der Waals surface area contributed by atoms with Crippen LogP contribution in [0.3, 0.4) is 0 Å². The molecular weight excluding hydrogens is 232 g/mol. The summed E-state index contributed by atoms with van der Waals surface area (Å²) < 4.78 is 5.32. The van der Waals surface area contributed by atoms with E-state index < -0.39 is 11.7 Å². The van der Waals surface area contributed by atoms with Crippen LogP contribution in [0.2, 0.25) is 0 Å². The van der Waals surface area contributed by atoms with Crippen LogP contribution in [0.15, 0.2) is 0 Å². The van der Waals surface area contributed by atoms with Gasteiger partial charge in [-0.15, -0.1) is 0 Å². The molecule has 0 unspecified atom stereocenters. The Morgan fingerprint density at radius 1 is 1.44 bits per heavy atom. The van der Waals surface area contributed by atoms with E-state index in [0.717, 1.165) is 19.4 Å². The minimum Gasteiger partial charge on any atom is -0.443 e. The van der Waals surface area contributed by atoms with Crippen LogP contribution in [-0.4, -0.2) is 41.6 Å². The first kappa shape index (κ1) is 13.3. The van der Waals surface area contributed by atoms with E-state index in [4.69, 9.17) is 4.74 Å². The molecule has 0 aromatic carbocycles. The van der Waals surface area contributed by atoms with Gasteiger partial charge in [-0.25, -0.2) is 9.69 Å². The average Bonchev–Trinajstić information content (AvgIpc) is 2.40. The molecule has 2 saturated heterocycles. The van der Waals surface area contributed by atoms with Crippen molar-refractivity contribution in [2.75, 3.05) is 13.1 Å². The minimum absolute atomic E-state index is 0.0325. The molecule has 0 aromatic rings. The van der Waals surface area contributed by atoms with E-state index in [-0.39, 0.29) is 11.9 Å². The standard InChI is InChI=1S/C13H22N2O3/c1-13(2,3)18-12(17)15-10-8-14-6-4-5-9(10)7-11(15)16/h9-10,14H,4-8H2,1-3H3/t9-,10+/m0/s1. The largest absolute Gasteiger partial charge is 0.443 e. The lowest BCUT2D eigenvalue weighted by atomic mass is 9.96. The molecule has 102 valence electrons. The Morgan fingerprint density at radius 3 is 2.83 bits per heavy atom. The Hall–Kier alpha value is -1.10. The van der Waals surface area contributed by atoms with Crippen molar-refractivity contribution < 1.29 is 14.3 Å². The number of carbonyl (C=O) groups is 2. The molecule has 2 fully saturated rings. The summed E-state index contributed by atoms with van der Waals surface area (Å²) in [7, 11) is 0. The number of rotatable bonds is 0. The van der Waals surface area contributed by atoms with Crippen molar-refractivity contribution in [1.29, 1.82) is 0 Å². The van der Waals surface area contributed by atoms with Gasteiger partial charge in [-0.05, 0) is 46.1 Å². The summed E-state index contributed by atoms with van der Waals surface area (Å²) in [6.45, 7) is 7.09. The van der Waals surface area contributed by atoms with E-state index in [1.54, 1.807) is 0 Å². The zero-order valence-electron chi connectivity index (χ0n) is 11.4. The van der Waals surface area contributed by atoms with Crippen LogP contribution in [0.4, 0.5) is 4.79 Å². The molecule has 5 nitrogen and oxygen atoms in total. The molecule has 2 heterocycles. The number of likely N-dealkylation sites (tertiary alicyclic amines) is 1. The molecule has 0 bridgehead atoms. The molecule has 2 aliphatic rings. The zero-order valence-corrected chi connectivity index (χ0v) is 11.4. The molecule has 0 aromatic heterocycles. The molecule has 5 heteroatoms. The van der Waals surface area contributed by atoms with Crippen LogP contribution in [0.1, 0.15) is 40.0 Å². The second-order valence-corrected chi connectivity index (χ2v) is 6.12. The van der Waals surface area contributed by atoms with Gasteiger partial charge in [0.05, 0.1) is 6.04 Å². The van der Waals surface area contributed by atoms with E-state index in [1.807, 2.05) is 20.8 Å². The van der Waals surface area contributed by atoms with Gasteiger partial charge in [0.1, 0.15) is 5.60 Å². The minimum atomic E-state index is -0.562. The first-order valence-electron chi connectivity index (χ1n) is 6.64. The van der Waals surface area contributed by atoms with Gasteiger partial charge >= 0.3 is 6.09 Å². The van der Waals surface area contributed by atoms with Gasteiger partial charge in [0, 0.05) is 13.0 Å². The van der Waals surface area contributed by atoms with E-state index in [1.165, 1.54) is 4.90 Å². The lowest BCUT2D eigenvalue weighted by Gasteiger charge is -2.28. The fourth-order valence-corrected chi connectivity index (χ4v) is 2.69. The zero-order chi connectivity index (χ0) is 13.3. The number of amides is 2. The Balaban J connectivity index is 2.10. The SMILES string of the molecule is CC(C)(C)OC(=O)N1C(=O)C[C@@H]2CCCNC[C@H]21. The Labute approximate surface area is 108 Å². The van der Waals surface area contributed by atoms with Gasteiger partial charge in [-0.2, -0.15) is 0 Å². The topological polar surface area (TPSA) is 58.6 Å². The summed E-state index contributed by atoms with van der Waals surface area (Å²) in [6, 6.07) is -0.0325. The fourth-order valence-electron chi connectivity index (χ4n) is 2.69. The number of hydrogen-bond donors (Lipinski definition) is 1. The van der Waals surface area contributed by atoms with Crippen LogP contribution in [0, 0.1) is 5.92 Å². The quantitative estimate of drug-likeness (QED) is 0.712. The highest BCUT2D eigenvalue weighted by Crippen LogP contribution is 2.31. The van der Waals surface area contributed by atoms with Crippen molar-refractivity contribution in [2.45, 2.75) is 51.7 Å². The maximum absolute atomic E-state index is 12.1. The monoisotopic (exact) mass is 254 g/mol. The molecule has 0 saturated carbocycles. The smallest absolute Gasteiger partial charge is 0.417 e. The number of imide groups is 1. The van der Waals surface area contributed by atoms with Gasteiger partial charge in [-0.3, -0.25) is 4.79 Å². The fraction of sp³-hybridized carbons (Fsp3) is 0.846. The Morgan fingerprint density at radius 2 is 2.17 bits per heavy atom.